The van der Waals surface area contributed by atoms with E-state index in [0.29, 0.717) is 23.5 Å². The predicted molar refractivity (Wildman–Crippen MR) is 91.0 cm³/mol. The second-order valence-electron chi connectivity index (χ2n) is 6.01. The molecule has 0 bridgehead atoms. The molecule has 9 heteroatoms. The number of halogens is 2. The molecule has 0 radical (unpaired) electrons. The van der Waals surface area contributed by atoms with Gasteiger partial charge in [0.25, 0.3) is 0 Å². The summed E-state index contributed by atoms with van der Waals surface area (Å²) in [6, 6.07) is 9.34. The number of nitrogens with zero attached hydrogens (tertiary/aromatic N) is 4. The molecule has 2 heterocycles. The molecule has 0 aliphatic rings. The van der Waals surface area contributed by atoms with Gasteiger partial charge in [0.15, 0.2) is 5.82 Å². The third-order valence-electron chi connectivity index (χ3n) is 3.77. The van der Waals surface area contributed by atoms with Crippen molar-refractivity contribution in [3.63, 3.8) is 0 Å². The molecular weight excluding hydrogens is 344 g/mol. The molecule has 0 atom stereocenters. The highest BCUT2D eigenvalue weighted by Crippen LogP contribution is 2.21. The Kier molecular flexibility index (Phi) is 5.15. The number of anilines is 1. The van der Waals surface area contributed by atoms with Crippen LogP contribution in [0.2, 0.25) is 0 Å². The number of aromatic nitrogens is 4. The van der Waals surface area contributed by atoms with Gasteiger partial charge < -0.3 is 14.6 Å². The quantitative estimate of drug-likeness (QED) is 0.688. The van der Waals surface area contributed by atoms with Gasteiger partial charge in [-0.1, -0.05) is 43.3 Å². The van der Waals surface area contributed by atoms with Crippen molar-refractivity contribution in [2.75, 3.05) is 5.32 Å². The Morgan fingerprint density at radius 2 is 1.96 bits per heavy atom. The van der Waals surface area contributed by atoms with Crippen LogP contribution in [-0.4, -0.2) is 26.5 Å². The van der Waals surface area contributed by atoms with E-state index < -0.39 is 6.61 Å². The Morgan fingerprint density at radius 1 is 1.23 bits per heavy atom. The number of hydrogen-bond donors (Lipinski definition) is 1. The molecule has 0 unspecified atom stereocenters. The lowest BCUT2D eigenvalue weighted by Gasteiger charge is -2.04. The van der Waals surface area contributed by atoms with Crippen LogP contribution in [0, 0.1) is 0 Å². The fourth-order valence-corrected chi connectivity index (χ4v) is 2.37. The Bertz CT molecular complexity index is 858. The van der Waals surface area contributed by atoms with Crippen molar-refractivity contribution in [2.24, 2.45) is 7.05 Å². The van der Waals surface area contributed by atoms with E-state index >= 15 is 0 Å². The molecule has 2 aromatic heterocycles. The zero-order valence-electron chi connectivity index (χ0n) is 14.6. The van der Waals surface area contributed by atoms with Gasteiger partial charge in [0.1, 0.15) is 0 Å². The molecule has 1 N–H and O–H groups in total. The first-order chi connectivity index (χ1) is 12.4. The summed E-state index contributed by atoms with van der Waals surface area (Å²) in [5.74, 6) is 1.62. The van der Waals surface area contributed by atoms with Crippen LogP contribution in [-0.2, 0) is 13.6 Å². The highest BCUT2D eigenvalue weighted by Gasteiger charge is 2.13. The maximum atomic E-state index is 12.3. The molecule has 3 rings (SSSR count). The average molecular weight is 363 g/mol. The summed E-state index contributed by atoms with van der Waals surface area (Å²) in [7, 11) is 1.51. The summed E-state index contributed by atoms with van der Waals surface area (Å²) in [6.45, 7) is 1.56. The van der Waals surface area contributed by atoms with Crippen LogP contribution in [0.3, 0.4) is 0 Å². The zero-order valence-corrected chi connectivity index (χ0v) is 14.6. The Labute approximate surface area is 149 Å². The average Bonchev–Trinajstić information content (AvgIpc) is 3.20. The van der Waals surface area contributed by atoms with Crippen LogP contribution in [0.1, 0.15) is 31.2 Å². The lowest BCUT2D eigenvalue weighted by Crippen LogP contribution is -2.06. The van der Waals surface area contributed by atoms with Crippen LogP contribution in [0.15, 0.2) is 34.9 Å². The summed E-state index contributed by atoms with van der Waals surface area (Å²) in [5.41, 5.74) is 2.09. The summed E-state index contributed by atoms with van der Waals surface area (Å²) >= 11 is 0. The van der Waals surface area contributed by atoms with Crippen LogP contribution < -0.4 is 10.1 Å². The Hall–Kier alpha value is -2.97. The molecule has 0 aliphatic heterocycles. The Morgan fingerprint density at radius 3 is 2.62 bits per heavy atom. The number of aryl methyl sites for hydroxylation is 1. The highest BCUT2D eigenvalue weighted by molar-refractivity contribution is 5.54. The maximum absolute atomic E-state index is 12.3. The topological polar surface area (TPSA) is 78.0 Å². The third kappa shape index (κ3) is 4.16. The smallest absolute Gasteiger partial charge is 0.388 e. The molecule has 0 aliphatic carbocycles. The van der Waals surface area contributed by atoms with E-state index in [0.717, 1.165) is 5.56 Å². The number of benzene rings is 1. The van der Waals surface area contributed by atoms with E-state index in [4.69, 9.17) is 4.52 Å². The van der Waals surface area contributed by atoms with Crippen molar-refractivity contribution < 1.29 is 18.0 Å². The minimum atomic E-state index is -2.90. The maximum Gasteiger partial charge on any atom is 0.388 e. The Balaban J connectivity index is 1.63. The van der Waals surface area contributed by atoms with E-state index in [1.54, 1.807) is 0 Å². The van der Waals surface area contributed by atoms with Gasteiger partial charge in [0.05, 0.1) is 6.54 Å². The first-order valence-electron chi connectivity index (χ1n) is 8.08. The molecule has 26 heavy (non-hydrogen) atoms. The van der Waals surface area contributed by atoms with Gasteiger partial charge in [0, 0.05) is 18.7 Å². The molecule has 0 fully saturated rings. The lowest BCUT2D eigenvalue weighted by molar-refractivity contribution is -0.0553. The minimum absolute atomic E-state index is 0.0426. The first-order valence-corrected chi connectivity index (χ1v) is 8.08. The molecule has 0 saturated heterocycles. The molecule has 7 nitrogen and oxygen atoms in total. The molecular formula is C17H19F2N5O2. The largest absolute Gasteiger partial charge is 0.417 e. The first kappa shape index (κ1) is 17.8. The summed E-state index contributed by atoms with van der Waals surface area (Å²) < 4.78 is 35.3. The molecule has 0 saturated carbocycles. The van der Waals surface area contributed by atoms with Crippen molar-refractivity contribution in [2.45, 2.75) is 32.9 Å². The molecule has 1 aromatic carbocycles. The molecule has 138 valence electrons. The van der Waals surface area contributed by atoms with Gasteiger partial charge in [0.2, 0.25) is 17.6 Å². The van der Waals surface area contributed by atoms with E-state index in [-0.39, 0.29) is 12.4 Å². The molecule has 0 spiro atoms. The van der Waals surface area contributed by atoms with Gasteiger partial charge >= 0.3 is 6.61 Å². The van der Waals surface area contributed by atoms with Gasteiger partial charge in [-0.05, 0) is 11.5 Å². The van der Waals surface area contributed by atoms with Gasteiger partial charge in [-0.2, -0.15) is 18.9 Å². The summed E-state index contributed by atoms with van der Waals surface area (Å²) in [4.78, 5) is 4.32. The van der Waals surface area contributed by atoms with Crippen LogP contribution in [0.25, 0.3) is 11.4 Å². The van der Waals surface area contributed by atoms with E-state index in [9.17, 15) is 8.78 Å². The normalized spacial score (nSPS) is 11.3. The fourth-order valence-electron chi connectivity index (χ4n) is 2.37. The van der Waals surface area contributed by atoms with Crippen molar-refractivity contribution in [3.05, 3.63) is 41.8 Å². The van der Waals surface area contributed by atoms with Crippen LogP contribution in [0.4, 0.5) is 14.6 Å². The molecule has 0 amide bonds. The van der Waals surface area contributed by atoms with Crippen molar-refractivity contribution in [1.82, 2.24) is 19.9 Å². The molecule has 3 aromatic rings. The van der Waals surface area contributed by atoms with Crippen LogP contribution >= 0.6 is 0 Å². The fraction of sp³-hybridized carbons (Fsp3) is 0.353. The van der Waals surface area contributed by atoms with Gasteiger partial charge in [-0.15, -0.1) is 0 Å². The monoisotopic (exact) mass is 363 g/mol. The number of alkyl halides is 2. The van der Waals surface area contributed by atoms with E-state index in [1.807, 2.05) is 24.3 Å². The highest BCUT2D eigenvalue weighted by atomic mass is 19.3. The number of hydrogen-bond acceptors (Lipinski definition) is 6. The van der Waals surface area contributed by atoms with Gasteiger partial charge in [-0.3, -0.25) is 0 Å². The summed E-state index contributed by atoms with van der Waals surface area (Å²) in [6.07, 6.45) is 0. The van der Waals surface area contributed by atoms with E-state index in [1.165, 1.54) is 23.4 Å². The second-order valence-corrected chi connectivity index (χ2v) is 6.01. The third-order valence-corrected chi connectivity index (χ3v) is 3.77. The minimum Gasteiger partial charge on any atom is -0.417 e. The predicted octanol–water partition coefficient (Wildman–Crippen LogP) is 3.81. The van der Waals surface area contributed by atoms with Gasteiger partial charge in [-0.25, -0.2) is 4.68 Å². The zero-order chi connectivity index (χ0) is 18.7. The number of ether oxygens (including phenoxy) is 1. The second kappa shape index (κ2) is 7.51. The van der Waals surface area contributed by atoms with Crippen LogP contribution in [0.5, 0.6) is 5.88 Å². The number of rotatable bonds is 7. The SMILES string of the molecule is CC(C)c1ccc(-c2noc(CNc3cc(OC(F)F)n(C)n3)n2)cc1. The van der Waals surface area contributed by atoms with Crippen molar-refractivity contribution in [1.29, 1.82) is 0 Å². The summed E-state index contributed by atoms with van der Waals surface area (Å²) in [5, 5.41) is 10.9. The van der Waals surface area contributed by atoms with Crippen molar-refractivity contribution >= 4 is 5.82 Å². The van der Waals surface area contributed by atoms with Crippen molar-refractivity contribution in [3.8, 4) is 17.3 Å². The number of nitrogens with one attached hydrogen (secondary N) is 1. The standard InChI is InChI=1S/C17H19F2N5O2/c1-10(2)11-4-6-12(7-5-11)16-21-14(26-23-16)9-20-13-8-15(24(3)22-13)25-17(18)19/h4-8,10,17H,9H2,1-3H3,(H,20,22). The van der Waals surface area contributed by atoms with E-state index in [2.05, 4.69) is 39.1 Å². The lowest BCUT2D eigenvalue weighted by atomic mass is 10.0.